The molecule has 10 heteroatoms. The zero-order valence-corrected chi connectivity index (χ0v) is 15.6. The van der Waals surface area contributed by atoms with Crippen LogP contribution >= 0.6 is 11.6 Å². The molecule has 0 radical (unpaired) electrons. The molecule has 1 amide bonds. The summed E-state index contributed by atoms with van der Waals surface area (Å²) in [5.74, 6) is -0.0871. The summed E-state index contributed by atoms with van der Waals surface area (Å²) < 4.78 is 65.3. The summed E-state index contributed by atoms with van der Waals surface area (Å²) in [5, 5.41) is -0.477. The van der Waals surface area contributed by atoms with Gasteiger partial charge in [0.1, 0.15) is 4.90 Å². The highest BCUT2D eigenvalue weighted by Crippen LogP contribution is 2.42. The minimum Gasteiger partial charge on any atom is -0.345 e. The van der Waals surface area contributed by atoms with E-state index in [2.05, 4.69) is 0 Å². The lowest BCUT2D eigenvalue weighted by Gasteiger charge is -2.38. The van der Waals surface area contributed by atoms with Crippen molar-refractivity contribution in [1.82, 2.24) is 9.21 Å². The molecule has 0 N–H and O–H groups in total. The van der Waals surface area contributed by atoms with Gasteiger partial charge in [0.15, 0.2) is 0 Å². The second-order valence-corrected chi connectivity index (χ2v) is 9.16. The van der Waals surface area contributed by atoms with E-state index in [1.807, 2.05) is 0 Å². The Morgan fingerprint density at radius 3 is 2.42 bits per heavy atom. The number of piperidine rings is 1. The van der Waals surface area contributed by atoms with Crippen LogP contribution in [0.4, 0.5) is 13.2 Å². The van der Waals surface area contributed by atoms with Crippen LogP contribution in [-0.2, 0) is 21.0 Å². The molecule has 1 spiro atoms. The molecular formula is C16H18ClF3N2O3S. The van der Waals surface area contributed by atoms with Crippen LogP contribution in [0.25, 0.3) is 0 Å². The summed E-state index contributed by atoms with van der Waals surface area (Å²) in [6, 6.07) is 2.19. The number of benzene rings is 1. The normalized spacial score (nSPS) is 25.3. The average molecular weight is 411 g/mol. The van der Waals surface area contributed by atoms with Gasteiger partial charge in [-0.25, -0.2) is 8.42 Å². The molecule has 144 valence electrons. The molecule has 1 aromatic rings. The zero-order valence-electron chi connectivity index (χ0n) is 14.0. The van der Waals surface area contributed by atoms with E-state index in [9.17, 15) is 26.4 Å². The number of nitrogens with zero attached hydrogens (tertiary/aromatic N) is 2. The van der Waals surface area contributed by atoms with Gasteiger partial charge in [0.25, 0.3) is 0 Å². The first-order valence-electron chi connectivity index (χ1n) is 8.10. The highest BCUT2D eigenvalue weighted by atomic mass is 35.5. The Kier molecular flexibility index (Phi) is 4.77. The average Bonchev–Trinajstić information content (AvgIpc) is 2.82. The Morgan fingerprint density at radius 1 is 1.19 bits per heavy atom. The lowest BCUT2D eigenvalue weighted by atomic mass is 9.79. The fraction of sp³-hybridized carbons (Fsp3) is 0.562. The number of amides is 1. The van der Waals surface area contributed by atoms with Gasteiger partial charge in [-0.15, -0.1) is 0 Å². The predicted octanol–water partition coefficient (Wildman–Crippen LogP) is 2.99. The lowest BCUT2D eigenvalue weighted by molar-refractivity contribution is -0.138. The molecule has 0 bridgehead atoms. The molecule has 1 atom stereocenters. The summed E-state index contributed by atoms with van der Waals surface area (Å²) in [7, 11) is -2.42. The van der Waals surface area contributed by atoms with E-state index >= 15 is 0 Å². The van der Waals surface area contributed by atoms with Crippen molar-refractivity contribution in [2.24, 2.45) is 5.41 Å². The minimum atomic E-state index is -4.61. The molecule has 2 heterocycles. The van der Waals surface area contributed by atoms with Crippen LogP contribution < -0.4 is 0 Å². The summed E-state index contributed by atoms with van der Waals surface area (Å²) in [4.78, 5) is 13.7. The van der Waals surface area contributed by atoms with Gasteiger partial charge >= 0.3 is 6.18 Å². The first-order valence-corrected chi connectivity index (χ1v) is 9.92. The fourth-order valence-electron chi connectivity index (χ4n) is 3.69. The van der Waals surface area contributed by atoms with Gasteiger partial charge in [-0.3, -0.25) is 4.79 Å². The van der Waals surface area contributed by atoms with E-state index < -0.39 is 32.2 Å². The van der Waals surface area contributed by atoms with Gasteiger partial charge in [0, 0.05) is 26.7 Å². The van der Waals surface area contributed by atoms with Gasteiger partial charge < -0.3 is 4.90 Å². The molecule has 2 aliphatic rings. The van der Waals surface area contributed by atoms with E-state index in [0.29, 0.717) is 37.9 Å². The monoisotopic (exact) mass is 410 g/mol. The van der Waals surface area contributed by atoms with Crippen LogP contribution in [0, 0.1) is 5.41 Å². The maximum absolute atomic E-state index is 12.9. The van der Waals surface area contributed by atoms with Crippen molar-refractivity contribution >= 4 is 27.5 Å². The van der Waals surface area contributed by atoms with Crippen molar-refractivity contribution in [2.75, 3.05) is 26.7 Å². The maximum atomic E-state index is 12.9. The Balaban J connectivity index is 1.92. The fourth-order valence-corrected chi connectivity index (χ4v) is 5.78. The minimum absolute atomic E-state index is 0.0237. The first kappa shape index (κ1) is 19.4. The molecule has 0 saturated carbocycles. The zero-order chi connectivity index (χ0) is 19.3. The van der Waals surface area contributed by atoms with Crippen LogP contribution in [0.3, 0.4) is 0 Å². The van der Waals surface area contributed by atoms with Crippen molar-refractivity contribution in [3.05, 3.63) is 28.8 Å². The number of hydrogen-bond acceptors (Lipinski definition) is 3. The number of hydrogen-bond donors (Lipinski definition) is 0. The van der Waals surface area contributed by atoms with Crippen molar-refractivity contribution in [3.8, 4) is 0 Å². The number of halogens is 4. The van der Waals surface area contributed by atoms with E-state index in [1.165, 1.54) is 4.31 Å². The predicted molar refractivity (Wildman–Crippen MR) is 89.1 cm³/mol. The topological polar surface area (TPSA) is 57.7 Å². The molecule has 1 aromatic carbocycles. The number of sulfonamides is 1. The molecule has 2 fully saturated rings. The smallest absolute Gasteiger partial charge is 0.345 e. The second kappa shape index (κ2) is 6.38. The highest BCUT2D eigenvalue weighted by Gasteiger charge is 2.50. The van der Waals surface area contributed by atoms with Crippen LogP contribution in [-0.4, -0.2) is 50.2 Å². The molecule has 5 nitrogen and oxygen atoms in total. The Hall–Kier alpha value is -1.32. The van der Waals surface area contributed by atoms with Crippen molar-refractivity contribution in [2.45, 2.75) is 30.3 Å². The molecule has 2 aliphatic heterocycles. The van der Waals surface area contributed by atoms with Gasteiger partial charge in [0.05, 0.1) is 16.0 Å². The lowest BCUT2D eigenvalue weighted by Crippen LogP contribution is -2.49. The molecule has 3 rings (SSSR count). The molecule has 2 saturated heterocycles. The Bertz CT molecular complexity index is 840. The van der Waals surface area contributed by atoms with Crippen molar-refractivity contribution < 1.29 is 26.4 Å². The highest BCUT2D eigenvalue weighted by molar-refractivity contribution is 7.89. The largest absolute Gasteiger partial charge is 0.416 e. The number of rotatable bonds is 2. The van der Waals surface area contributed by atoms with Crippen LogP contribution in [0.5, 0.6) is 0 Å². The molecular weight excluding hydrogens is 393 g/mol. The van der Waals surface area contributed by atoms with Gasteiger partial charge in [0.2, 0.25) is 15.9 Å². The Labute approximate surface area is 154 Å². The second-order valence-electron chi connectivity index (χ2n) is 6.84. The third-order valence-electron chi connectivity index (χ3n) is 5.15. The molecule has 0 aliphatic carbocycles. The van der Waals surface area contributed by atoms with E-state index in [-0.39, 0.29) is 23.9 Å². The summed E-state index contributed by atoms with van der Waals surface area (Å²) in [6.07, 6.45) is -2.93. The summed E-state index contributed by atoms with van der Waals surface area (Å²) in [6.45, 7) is 0.794. The van der Waals surface area contributed by atoms with Gasteiger partial charge in [-0.1, -0.05) is 11.6 Å². The van der Waals surface area contributed by atoms with E-state index in [1.54, 1.807) is 11.9 Å². The summed E-state index contributed by atoms with van der Waals surface area (Å²) >= 11 is 5.86. The molecule has 1 unspecified atom stereocenters. The van der Waals surface area contributed by atoms with E-state index in [4.69, 9.17) is 11.6 Å². The summed E-state index contributed by atoms with van der Waals surface area (Å²) in [5.41, 5.74) is -1.76. The van der Waals surface area contributed by atoms with Crippen LogP contribution in [0.2, 0.25) is 5.02 Å². The molecule has 0 aromatic heterocycles. The number of carbonyl (C=O) groups is 1. The van der Waals surface area contributed by atoms with E-state index in [0.717, 1.165) is 6.07 Å². The van der Waals surface area contributed by atoms with Crippen molar-refractivity contribution in [1.29, 1.82) is 0 Å². The van der Waals surface area contributed by atoms with Crippen molar-refractivity contribution in [3.63, 3.8) is 0 Å². The third kappa shape index (κ3) is 3.20. The quantitative estimate of drug-likeness (QED) is 0.753. The first-order chi connectivity index (χ1) is 12.0. The maximum Gasteiger partial charge on any atom is 0.416 e. The number of carbonyl (C=O) groups excluding carboxylic acids is 1. The standard InChI is InChI=1S/C16H18ClF3N2O3S/c1-21-8-6-15(14(21)23)5-2-7-22(10-15)26(24,25)13-4-3-11(9-12(13)17)16(18,19)20/h3-4,9H,2,5-8,10H2,1H3. The Morgan fingerprint density at radius 2 is 1.88 bits per heavy atom. The van der Waals surface area contributed by atoms with Crippen LogP contribution in [0.1, 0.15) is 24.8 Å². The molecule has 26 heavy (non-hydrogen) atoms. The van der Waals surface area contributed by atoms with Crippen LogP contribution in [0.15, 0.2) is 23.1 Å². The van der Waals surface area contributed by atoms with Gasteiger partial charge in [-0.05, 0) is 37.5 Å². The number of likely N-dealkylation sites (tertiary alicyclic amines) is 1. The number of alkyl halides is 3. The SMILES string of the molecule is CN1CCC2(CCCN(S(=O)(=O)c3ccc(C(F)(F)F)cc3Cl)C2)C1=O. The van der Waals surface area contributed by atoms with Gasteiger partial charge in [-0.2, -0.15) is 17.5 Å². The third-order valence-corrected chi connectivity index (χ3v) is 7.47.